The third kappa shape index (κ3) is 3.75. The van der Waals surface area contributed by atoms with Gasteiger partial charge in [0.2, 0.25) is 0 Å². The molecule has 0 aromatic carbocycles. The molecular weight excluding hydrogens is 295 g/mol. The van der Waals surface area contributed by atoms with Crippen molar-refractivity contribution in [1.29, 1.82) is 0 Å². The Labute approximate surface area is 118 Å². The van der Waals surface area contributed by atoms with Gasteiger partial charge in [0.05, 0.1) is 0 Å². The van der Waals surface area contributed by atoms with Crippen LogP contribution in [0.5, 0.6) is 0 Å². The van der Waals surface area contributed by atoms with Gasteiger partial charge in [-0.1, -0.05) is 11.6 Å². The van der Waals surface area contributed by atoms with Gasteiger partial charge >= 0.3 is 6.18 Å². The van der Waals surface area contributed by atoms with Gasteiger partial charge in [-0.3, -0.25) is 4.79 Å². The lowest BCUT2D eigenvalue weighted by atomic mass is 10.2. The highest BCUT2D eigenvalue weighted by Gasteiger charge is 2.41. The molecule has 0 radical (unpaired) electrons. The van der Waals surface area contributed by atoms with Gasteiger partial charge in [0.25, 0.3) is 5.91 Å². The molecule has 2 rings (SSSR count). The van der Waals surface area contributed by atoms with Crippen molar-refractivity contribution >= 4 is 23.3 Å². The number of carbonyl (C=O) groups excluding carboxylic acids is 1. The summed E-state index contributed by atoms with van der Waals surface area (Å²) in [6.07, 6.45) is -3.22. The summed E-state index contributed by atoms with van der Waals surface area (Å²) >= 11 is 5.76. The van der Waals surface area contributed by atoms with Gasteiger partial charge in [0.1, 0.15) is 17.5 Å². The van der Waals surface area contributed by atoms with Crippen LogP contribution in [0, 0.1) is 0 Å². The third-order valence-electron chi connectivity index (χ3n) is 2.90. The van der Waals surface area contributed by atoms with Crippen molar-refractivity contribution in [2.45, 2.75) is 25.1 Å². The standard InChI is InChI=1S/C12H13ClF3N3O/c1-17-10-5-7(4-9(13)18-10)11(20)19(8-2-3-8)6-12(14,15)16/h4-5,8H,2-3,6H2,1H3,(H,17,18). The normalized spacial score (nSPS) is 15.1. The number of amides is 1. The zero-order chi connectivity index (χ0) is 14.9. The Hall–Kier alpha value is -1.50. The molecule has 1 aromatic rings. The first-order valence-corrected chi connectivity index (χ1v) is 6.41. The van der Waals surface area contributed by atoms with Gasteiger partial charge in [0, 0.05) is 18.7 Å². The largest absolute Gasteiger partial charge is 0.406 e. The number of aromatic nitrogens is 1. The lowest BCUT2D eigenvalue weighted by molar-refractivity contribution is -0.141. The van der Waals surface area contributed by atoms with Crippen LogP contribution in [0.3, 0.4) is 0 Å². The van der Waals surface area contributed by atoms with Crippen LogP contribution in [0.2, 0.25) is 5.15 Å². The monoisotopic (exact) mass is 307 g/mol. The summed E-state index contributed by atoms with van der Waals surface area (Å²) in [7, 11) is 1.58. The smallest absolute Gasteiger partial charge is 0.373 e. The maximum absolute atomic E-state index is 12.5. The van der Waals surface area contributed by atoms with Crippen LogP contribution in [-0.4, -0.2) is 41.6 Å². The zero-order valence-corrected chi connectivity index (χ0v) is 11.4. The number of pyridine rings is 1. The first kappa shape index (κ1) is 14.9. The Morgan fingerprint density at radius 2 is 2.15 bits per heavy atom. The summed E-state index contributed by atoms with van der Waals surface area (Å²) in [5.41, 5.74) is 0.102. The zero-order valence-electron chi connectivity index (χ0n) is 10.7. The van der Waals surface area contributed by atoms with Crippen LogP contribution >= 0.6 is 11.6 Å². The summed E-state index contributed by atoms with van der Waals surface area (Å²) in [6, 6.07) is 2.32. The first-order valence-electron chi connectivity index (χ1n) is 6.03. The number of carbonyl (C=O) groups is 1. The fraction of sp³-hybridized carbons (Fsp3) is 0.500. The predicted molar refractivity (Wildman–Crippen MR) is 68.9 cm³/mol. The maximum Gasteiger partial charge on any atom is 0.406 e. The number of nitrogens with one attached hydrogen (secondary N) is 1. The number of nitrogens with zero attached hydrogens (tertiary/aromatic N) is 2. The summed E-state index contributed by atoms with van der Waals surface area (Å²) in [6.45, 7) is -1.24. The molecule has 1 amide bonds. The Balaban J connectivity index is 2.25. The molecule has 8 heteroatoms. The highest BCUT2D eigenvalue weighted by atomic mass is 35.5. The number of anilines is 1. The van der Waals surface area contributed by atoms with Crippen molar-refractivity contribution in [1.82, 2.24) is 9.88 Å². The van der Waals surface area contributed by atoms with E-state index in [0.29, 0.717) is 18.7 Å². The lowest BCUT2D eigenvalue weighted by Gasteiger charge is -2.24. The van der Waals surface area contributed by atoms with Crippen LogP contribution in [0.25, 0.3) is 0 Å². The van der Waals surface area contributed by atoms with Crippen molar-refractivity contribution in [2.75, 3.05) is 18.9 Å². The molecule has 1 N–H and O–H groups in total. The van der Waals surface area contributed by atoms with Crippen LogP contribution in [-0.2, 0) is 0 Å². The minimum absolute atomic E-state index is 0.0583. The molecule has 0 saturated heterocycles. The second-order valence-corrected chi connectivity index (χ2v) is 4.98. The molecular formula is C12H13ClF3N3O. The molecule has 1 fully saturated rings. The molecule has 0 bridgehead atoms. The molecule has 0 atom stereocenters. The Morgan fingerprint density at radius 3 is 2.65 bits per heavy atom. The van der Waals surface area contributed by atoms with E-state index in [9.17, 15) is 18.0 Å². The van der Waals surface area contributed by atoms with Crippen molar-refractivity contribution in [3.63, 3.8) is 0 Å². The molecule has 1 aliphatic rings. The second-order valence-electron chi connectivity index (χ2n) is 4.59. The number of halogens is 4. The molecule has 1 heterocycles. The molecule has 0 aliphatic heterocycles. The van der Waals surface area contributed by atoms with Crippen LogP contribution in [0.15, 0.2) is 12.1 Å². The van der Waals surface area contributed by atoms with Crippen molar-refractivity contribution < 1.29 is 18.0 Å². The predicted octanol–water partition coefficient (Wildman–Crippen LogP) is 2.94. The molecule has 4 nitrogen and oxygen atoms in total. The fourth-order valence-corrected chi connectivity index (χ4v) is 2.07. The number of hydrogen-bond donors (Lipinski definition) is 1. The van der Waals surface area contributed by atoms with Crippen molar-refractivity contribution in [2.24, 2.45) is 0 Å². The summed E-state index contributed by atoms with van der Waals surface area (Å²) < 4.78 is 37.6. The highest BCUT2D eigenvalue weighted by Crippen LogP contribution is 2.31. The van der Waals surface area contributed by atoms with E-state index < -0.39 is 18.6 Å². The Morgan fingerprint density at radius 1 is 1.50 bits per heavy atom. The summed E-state index contributed by atoms with van der Waals surface area (Å²) in [5, 5.41) is 2.76. The van der Waals surface area contributed by atoms with Crippen LogP contribution in [0.4, 0.5) is 19.0 Å². The Kier molecular flexibility index (Phi) is 4.08. The summed E-state index contributed by atoms with van der Waals surface area (Å²) in [5.74, 6) is -0.339. The second kappa shape index (κ2) is 5.47. The quantitative estimate of drug-likeness (QED) is 0.870. The topological polar surface area (TPSA) is 45.2 Å². The minimum Gasteiger partial charge on any atom is -0.373 e. The molecule has 0 spiro atoms. The fourth-order valence-electron chi connectivity index (χ4n) is 1.86. The van der Waals surface area contributed by atoms with Gasteiger partial charge in [-0.05, 0) is 25.0 Å². The third-order valence-corrected chi connectivity index (χ3v) is 3.09. The average Bonchev–Trinajstić information content (AvgIpc) is 3.17. The molecule has 0 unspecified atom stereocenters. The molecule has 1 saturated carbocycles. The SMILES string of the molecule is CNc1cc(C(=O)N(CC(F)(F)F)C2CC2)cc(Cl)n1. The lowest BCUT2D eigenvalue weighted by Crippen LogP contribution is -2.40. The van der Waals surface area contributed by atoms with E-state index in [1.165, 1.54) is 12.1 Å². The minimum atomic E-state index is -4.42. The van der Waals surface area contributed by atoms with E-state index in [1.54, 1.807) is 7.05 Å². The van der Waals surface area contributed by atoms with E-state index >= 15 is 0 Å². The average molecular weight is 308 g/mol. The van der Waals surface area contributed by atoms with E-state index in [2.05, 4.69) is 10.3 Å². The van der Waals surface area contributed by atoms with E-state index in [-0.39, 0.29) is 16.8 Å². The van der Waals surface area contributed by atoms with Gasteiger partial charge in [-0.25, -0.2) is 4.98 Å². The maximum atomic E-state index is 12.5. The van der Waals surface area contributed by atoms with Crippen LogP contribution < -0.4 is 5.32 Å². The molecule has 110 valence electrons. The van der Waals surface area contributed by atoms with E-state index in [1.807, 2.05) is 0 Å². The number of alkyl halides is 3. The van der Waals surface area contributed by atoms with Crippen molar-refractivity contribution in [3.8, 4) is 0 Å². The van der Waals surface area contributed by atoms with Gasteiger partial charge in [-0.15, -0.1) is 0 Å². The van der Waals surface area contributed by atoms with Gasteiger partial charge in [-0.2, -0.15) is 13.2 Å². The van der Waals surface area contributed by atoms with Crippen LogP contribution in [0.1, 0.15) is 23.2 Å². The van der Waals surface area contributed by atoms with Crippen molar-refractivity contribution in [3.05, 3.63) is 22.8 Å². The van der Waals surface area contributed by atoms with E-state index in [4.69, 9.17) is 11.6 Å². The van der Waals surface area contributed by atoms with Gasteiger partial charge in [0.15, 0.2) is 0 Å². The number of hydrogen-bond acceptors (Lipinski definition) is 3. The summed E-state index contributed by atoms with van der Waals surface area (Å²) in [4.78, 5) is 17.0. The van der Waals surface area contributed by atoms with E-state index in [0.717, 1.165) is 4.90 Å². The first-order chi connectivity index (χ1) is 9.30. The molecule has 1 aliphatic carbocycles. The van der Waals surface area contributed by atoms with Gasteiger partial charge < -0.3 is 10.2 Å². The molecule has 20 heavy (non-hydrogen) atoms. The number of rotatable bonds is 4. The Bertz CT molecular complexity index is 517. The highest BCUT2D eigenvalue weighted by molar-refractivity contribution is 6.29. The molecule has 1 aromatic heterocycles.